The molecule has 1 aromatic carbocycles. The molecule has 3 N–H and O–H groups in total. The number of aromatic carboxylic acids is 1. The van der Waals surface area contributed by atoms with Crippen LogP contribution >= 0.6 is 0 Å². The van der Waals surface area contributed by atoms with Crippen LogP contribution in [0, 0.1) is 0 Å². The minimum atomic E-state index is -1.18. The van der Waals surface area contributed by atoms with Gasteiger partial charge in [-0.05, 0) is 12.1 Å². The highest BCUT2D eigenvalue weighted by molar-refractivity contribution is 6.01. The molecule has 0 aliphatic heterocycles. The number of hydrogen-bond acceptors (Lipinski definition) is 4. The predicted octanol–water partition coefficient (Wildman–Crippen LogP) is 0.603. The first-order chi connectivity index (χ1) is 9.85. The number of rotatable bonds is 5. The zero-order chi connectivity index (χ0) is 16.0. The number of amides is 3. The quantitative estimate of drug-likeness (QED) is 0.737. The van der Waals surface area contributed by atoms with Gasteiger partial charge in [0.05, 0.1) is 24.9 Å². The molecule has 0 spiro atoms. The maximum absolute atomic E-state index is 11.7. The standard InChI is InChI=1S/C13H17N3O5/c1-16(2)11(17)7-14-13(20)15-10-6-8(21-3)4-5-9(10)12(18)19/h4-6H,7H2,1-3H3,(H,18,19)(H2,14,15,20). The molecule has 0 fully saturated rings. The van der Waals surface area contributed by atoms with E-state index < -0.39 is 12.0 Å². The van der Waals surface area contributed by atoms with Crippen LogP contribution in [0.3, 0.4) is 0 Å². The fraction of sp³-hybridized carbons (Fsp3) is 0.308. The number of carboxylic acids is 1. The highest BCUT2D eigenvalue weighted by Crippen LogP contribution is 2.22. The van der Waals surface area contributed by atoms with Crippen molar-refractivity contribution in [3.63, 3.8) is 0 Å². The van der Waals surface area contributed by atoms with Gasteiger partial charge in [-0.3, -0.25) is 4.79 Å². The number of carbonyl (C=O) groups is 3. The fourth-order valence-electron chi connectivity index (χ4n) is 1.42. The lowest BCUT2D eigenvalue weighted by molar-refractivity contribution is -0.127. The first kappa shape index (κ1) is 16.3. The van der Waals surface area contributed by atoms with E-state index in [0.29, 0.717) is 5.75 Å². The molecule has 0 heterocycles. The van der Waals surface area contributed by atoms with Crippen molar-refractivity contribution in [2.75, 3.05) is 33.1 Å². The average molecular weight is 295 g/mol. The third-order valence-electron chi connectivity index (χ3n) is 2.60. The fourth-order valence-corrected chi connectivity index (χ4v) is 1.42. The van der Waals surface area contributed by atoms with Crippen molar-refractivity contribution in [3.8, 4) is 5.75 Å². The molecule has 0 aliphatic rings. The second-order valence-electron chi connectivity index (χ2n) is 4.31. The Morgan fingerprint density at radius 3 is 2.48 bits per heavy atom. The van der Waals surface area contributed by atoms with Crippen molar-refractivity contribution < 1.29 is 24.2 Å². The summed E-state index contributed by atoms with van der Waals surface area (Å²) in [6, 6.07) is 3.50. The SMILES string of the molecule is COc1ccc(C(=O)O)c(NC(=O)NCC(=O)N(C)C)c1. The number of ether oxygens (including phenoxy) is 1. The van der Waals surface area contributed by atoms with Crippen LogP contribution in [0.5, 0.6) is 5.75 Å². The molecule has 1 aromatic rings. The summed E-state index contributed by atoms with van der Waals surface area (Å²) in [7, 11) is 4.55. The Morgan fingerprint density at radius 2 is 1.95 bits per heavy atom. The Balaban J connectivity index is 2.79. The molecule has 0 aromatic heterocycles. The second kappa shape index (κ2) is 7.13. The van der Waals surface area contributed by atoms with Crippen LogP contribution in [0.25, 0.3) is 0 Å². The van der Waals surface area contributed by atoms with Crippen molar-refractivity contribution in [1.29, 1.82) is 0 Å². The van der Waals surface area contributed by atoms with E-state index >= 15 is 0 Å². The van der Waals surface area contributed by atoms with Gasteiger partial charge in [-0.1, -0.05) is 0 Å². The lowest BCUT2D eigenvalue weighted by atomic mass is 10.1. The second-order valence-corrected chi connectivity index (χ2v) is 4.31. The summed E-state index contributed by atoms with van der Waals surface area (Å²) in [6.45, 7) is -0.189. The first-order valence-electron chi connectivity index (χ1n) is 6.01. The molecule has 21 heavy (non-hydrogen) atoms. The molecule has 0 saturated carbocycles. The van der Waals surface area contributed by atoms with Crippen molar-refractivity contribution in [2.45, 2.75) is 0 Å². The molecule has 0 aliphatic carbocycles. The Morgan fingerprint density at radius 1 is 1.29 bits per heavy atom. The lowest BCUT2D eigenvalue weighted by Crippen LogP contribution is -2.38. The zero-order valence-corrected chi connectivity index (χ0v) is 12.0. The van der Waals surface area contributed by atoms with Crippen LogP contribution in [0.2, 0.25) is 0 Å². The summed E-state index contributed by atoms with van der Waals surface area (Å²) in [5, 5.41) is 13.8. The van der Waals surface area contributed by atoms with Gasteiger partial charge in [-0.25, -0.2) is 9.59 Å². The number of methoxy groups -OCH3 is 1. The van der Waals surface area contributed by atoms with Gasteiger partial charge < -0.3 is 25.4 Å². The molecule has 0 radical (unpaired) electrons. The minimum Gasteiger partial charge on any atom is -0.497 e. The molecule has 3 amide bonds. The Hall–Kier alpha value is -2.77. The molecule has 0 atom stereocenters. The van der Waals surface area contributed by atoms with Crippen LogP contribution in [-0.2, 0) is 4.79 Å². The number of carboxylic acid groups (broad SMARTS) is 1. The Labute approximate surface area is 121 Å². The topological polar surface area (TPSA) is 108 Å². The molecule has 0 saturated heterocycles. The smallest absolute Gasteiger partial charge is 0.337 e. The third kappa shape index (κ3) is 4.68. The minimum absolute atomic E-state index is 0.0788. The van der Waals surface area contributed by atoms with Gasteiger partial charge in [-0.2, -0.15) is 0 Å². The van der Waals surface area contributed by atoms with E-state index in [0.717, 1.165) is 0 Å². The summed E-state index contributed by atoms with van der Waals surface area (Å²) >= 11 is 0. The predicted molar refractivity (Wildman–Crippen MR) is 75.7 cm³/mol. The summed E-state index contributed by atoms with van der Waals surface area (Å²) in [5.41, 5.74) is 0.00142. The summed E-state index contributed by atoms with van der Waals surface area (Å²) < 4.78 is 4.98. The number of nitrogens with one attached hydrogen (secondary N) is 2. The Kier molecular flexibility index (Phi) is 5.53. The van der Waals surface area contributed by atoms with Crippen molar-refractivity contribution >= 4 is 23.6 Å². The summed E-state index contributed by atoms with van der Waals surface area (Å²) in [5.74, 6) is -1.06. The number of nitrogens with zero attached hydrogens (tertiary/aromatic N) is 1. The van der Waals surface area contributed by atoms with Crippen molar-refractivity contribution in [2.24, 2.45) is 0 Å². The largest absolute Gasteiger partial charge is 0.497 e. The number of hydrogen-bond donors (Lipinski definition) is 3. The van der Waals surface area contributed by atoms with Gasteiger partial charge in [0.1, 0.15) is 5.75 Å². The molecule has 1 rings (SSSR count). The van der Waals surface area contributed by atoms with Crippen LogP contribution in [0.4, 0.5) is 10.5 Å². The van der Waals surface area contributed by atoms with Crippen LogP contribution in [0.15, 0.2) is 18.2 Å². The first-order valence-corrected chi connectivity index (χ1v) is 6.01. The maximum Gasteiger partial charge on any atom is 0.337 e. The molecule has 8 heteroatoms. The van der Waals surface area contributed by atoms with E-state index in [1.165, 1.54) is 30.2 Å². The third-order valence-corrected chi connectivity index (χ3v) is 2.60. The zero-order valence-electron chi connectivity index (χ0n) is 12.0. The van der Waals surface area contributed by atoms with E-state index in [1.54, 1.807) is 14.1 Å². The van der Waals surface area contributed by atoms with Gasteiger partial charge in [-0.15, -0.1) is 0 Å². The normalized spacial score (nSPS) is 9.67. The average Bonchev–Trinajstić information content (AvgIpc) is 2.44. The van der Waals surface area contributed by atoms with E-state index in [-0.39, 0.29) is 23.7 Å². The number of urea groups is 1. The van der Waals surface area contributed by atoms with Gasteiger partial charge >= 0.3 is 12.0 Å². The van der Waals surface area contributed by atoms with Gasteiger partial charge in [0.15, 0.2) is 0 Å². The van der Waals surface area contributed by atoms with E-state index in [2.05, 4.69) is 10.6 Å². The molecular formula is C13H17N3O5. The molecule has 8 nitrogen and oxygen atoms in total. The lowest BCUT2D eigenvalue weighted by Gasteiger charge is -2.13. The van der Waals surface area contributed by atoms with E-state index in [9.17, 15) is 14.4 Å². The van der Waals surface area contributed by atoms with Crippen molar-refractivity contribution in [1.82, 2.24) is 10.2 Å². The highest BCUT2D eigenvalue weighted by atomic mass is 16.5. The number of anilines is 1. The summed E-state index contributed by atoms with van der Waals surface area (Å²) in [4.78, 5) is 35.4. The van der Waals surface area contributed by atoms with E-state index in [4.69, 9.17) is 9.84 Å². The van der Waals surface area contributed by atoms with Gasteiger partial charge in [0, 0.05) is 20.2 Å². The molecular weight excluding hydrogens is 278 g/mol. The maximum atomic E-state index is 11.7. The molecule has 0 bridgehead atoms. The van der Waals surface area contributed by atoms with Gasteiger partial charge in [0.2, 0.25) is 5.91 Å². The number of carbonyl (C=O) groups excluding carboxylic acids is 2. The van der Waals surface area contributed by atoms with Crippen LogP contribution in [-0.4, -0.2) is 55.7 Å². The summed E-state index contributed by atoms with van der Waals surface area (Å²) in [6.07, 6.45) is 0. The number of likely N-dealkylation sites (N-methyl/N-ethyl adjacent to an activating group) is 1. The highest BCUT2D eigenvalue weighted by Gasteiger charge is 2.14. The van der Waals surface area contributed by atoms with Crippen molar-refractivity contribution in [3.05, 3.63) is 23.8 Å². The molecule has 0 unspecified atom stereocenters. The molecule has 114 valence electrons. The van der Waals surface area contributed by atoms with Crippen LogP contribution in [0.1, 0.15) is 10.4 Å². The van der Waals surface area contributed by atoms with Gasteiger partial charge in [0.25, 0.3) is 0 Å². The van der Waals surface area contributed by atoms with E-state index in [1.807, 2.05) is 0 Å². The monoisotopic (exact) mass is 295 g/mol. The number of benzene rings is 1. The van der Waals surface area contributed by atoms with Crippen LogP contribution < -0.4 is 15.4 Å². The Bertz CT molecular complexity index is 557.